The quantitative estimate of drug-likeness (QED) is 0.685. The highest BCUT2D eigenvalue weighted by Crippen LogP contribution is 2.34. The van der Waals surface area contributed by atoms with Gasteiger partial charge in [0.25, 0.3) is 0 Å². The van der Waals surface area contributed by atoms with Gasteiger partial charge in [-0.2, -0.15) is 11.8 Å². The Hall–Kier alpha value is -1.87. The summed E-state index contributed by atoms with van der Waals surface area (Å²) >= 11 is 2.81. The third-order valence-electron chi connectivity index (χ3n) is 3.41. The Balaban J connectivity index is 2.40. The molecule has 7 nitrogen and oxygen atoms in total. The van der Waals surface area contributed by atoms with Gasteiger partial charge < -0.3 is 15.2 Å². The molecule has 0 spiro atoms. The van der Waals surface area contributed by atoms with E-state index < -0.39 is 18.0 Å². The average Bonchev–Trinajstić information content (AvgIpc) is 2.89. The van der Waals surface area contributed by atoms with Gasteiger partial charge in [-0.15, -0.1) is 11.3 Å². The molecule has 0 aliphatic rings. The first-order valence-corrected chi connectivity index (χ1v) is 9.60. The molecule has 0 saturated heterocycles. The van der Waals surface area contributed by atoms with E-state index in [4.69, 9.17) is 4.74 Å². The zero-order valence-electron chi connectivity index (χ0n) is 13.7. The minimum atomic E-state index is -0.936. The van der Waals surface area contributed by atoms with E-state index in [1.165, 1.54) is 17.7 Å². The van der Waals surface area contributed by atoms with Gasteiger partial charge in [0.2, 0.25) is 0 Å². The van der Waals surface area contributed by atoms with Crippen LogP contribution in [0.2, 0.25) is 0 Å². The minimum Gasteiger partial charge on any atom is -0.480 e. The summed E-state index contributed by atoms with van der Waals surface area (Å²) in [6, 6.07) is -0.749. The second-order valence-electron chi connectivity index (χ2n) is 5.00. The number of aromatic nitrogens is 2. The van der Waals surface area contributed by atoms with Gasteiger partial charge in [-0.1, -0.05) is 0 Å². The maximum absolute atomic E-state index is 12.0. The summed E-state index contributed by atoms with van der Waals surface area (Å²) in [7, 11) is 0. The van der Waals surface area contributed by atoms with E-state index in [-0.39, 0.29) is 0 Å². The molecule has 24 heavy (non-hydrogen) atoms. The molecule has 0 amide bonds. The predicted octanol–water partition coefficient (Wildman–Crippen LogP) is 2.79. The van der Waals surface area contributed by atoms with Crippen LogP contribution in [0.4, 0.5) is 5.82 Å². The van der Waals surface area contributed by atoms with Crippen molar-refractivity contribution in [3.63, 3.8) is 0 Å². The largest absolute Gasteiger partial charge is 0.480 e. The summed E-state index contributed by atoms with van der Waals surface area (Å²) < 4.78 is 5.06. The number of thioether (sulfide) groups is 1. The topological polar surface area (TPSA) is 101 Å². The number of carboxylic acid groups (broad SMARTS) is 1. The second kappa shape index (κ2) is 8.29. The fourth-order valence-corrected chi connectivity index (χ4v) is 3.74. The lowest BCUT2D eigenvalue weighted by molar-refractivity contribution is -0.137. The normalized spacial score (nSPS) is 12.1. The molecule has 2 N–H and O–H groups in total. The van der Waals surface area contributed by atoms with E-state index in [1.807, 2.05) is 6.26 Å². The predicted molar refractivity (Wildman–Crippen MR) is 96.2 cm³/mol. The minimum absolute atomic E-state index is 0.291. The fourth-order valence-electron chi connectivity index (χ4n) is 2.23. The number of ether oxygens (including phenoxy) is 1. The van der Waals surface area contributed by atoms with Crippen molar-refractivity contribution in [2.75, 3.05) is 23.9 Å². The number of carbonyl (C=O) groups is 2. The van der Waals surface area contributed by atoms with Gasteiger partial charge in [-0.3, -0.25) is 0 Å². The molecule has 2 rings (SSSR count). The molecule has 0 aliphatic carbocycles. The van der Waals surface area contributed by atoms with E-state index in [0.29, 0.717) is 39.5 Å². The van der Waals surface area contributed by atoms with E-state index in [2.05, 4.69) is 15.3 Å². The van der Waals surface area contributed by atoms with Crippen LogP contribution < -0.4 is 5.32 Å². The number of aryl methyl sites for hydroxylation is 1. The number of nitrogens with zero attached hydrogens (tertiary/aromatic N) is 2. The molecule has 1 unspecified atom stereocenters. The van der Waals surface area contributed by atoms with Crippen LogP contribution in [-0.2, 0) is 9.53 Å². The maximum Gasteiger partial charge on any atom is 0.348 e. The number of nitrogens with one attached hydrogen (secondary N) is 1. The summed E-state index contributed by atoms with van der Waals surface area (Å²) in [6.45, 7) is 3.83. The zero-order valence-corrected chi connectivity index (χ0v) is 15.3. The molecular formula is C15H19N3O4S2. The molecule has 0 aliphatic heterocycles. The van der Waals surface area contributed by atoms with Crippen molar-refractivity contribution in [2.24, 2.45) is 0 Å². The van der Waals surface area contributed by atoms with Gasteiger partial charge in [0.15, 0.2) is 0 Å². The monoisotopic (exact) mass is 369 g/mol. The van der Waals surface area contributed by atoms with Crippen LogP contribution in [0.1, 0.15) is 28.6 Å². The Morgan fingerprint density at radius 3 is 2.83 bits per heavy atom. The van der Waals surface area contributed by atoms with Crippen LogP contribution in [-0.4, -0.2) is 51.7 Å². The number of thiophene rings is 1. The number of carbonyl (C=O) groups excluding carboxylic acids is 1. The van der Waals surface area contributed by atoms with Gasteiger partial charge in [0, 0.05) is 0 Å². The molecule has 130 valence electrons. The van der Waals surface area contributed by atoms with E-state index in [1.54, 1.807) is 25.6 Å². The van der Waals surface area contributed by atoms with Gasteiger partial charge >= 0.3 is 11.9 Å². The third kappa shape index (κ3) is 3.96. The van der Waals surface area contributed by atoms with E-state index in [9.17, 15) is 14.7 Å². The lowest BCUT2D eigenvalue weighted by Crippen LogP contribution is -2.30. The Morgan fingerprint density at radius 2 is 2.21 bits per heavy atom. The number of anilines is 1. The molecule has 2 heterocycles. The maximum atomic E-state index is 12.0. The van der Waals surface area contributed by atoms with Gasteiger partial charge in [-0.05, 0) is 37.8 Å². The number of carboxylic acids is 1. The SMILES string of the molecule is CCOC(=O)c1sc2ncnc(NC(CCSC)C(=O)O)c2c1C. The molecule has 0 aromatic carbocycles. The van der Waals surface area contributed by atoms with Crippen LogP contribution in [0.3, 0.4) is 0 Å². The molecular weight excluding hydrogens is 350 g/mol. The molecule has 1 atom stereocenters. The molecule has 2 aromatic rings. The number of hydrogen-bond donors (Lipinski definition) is 2. The van der Waals surface area contributed by atoms with Crippen molar-refractivity contribution in [3.8, 4) is 0 Å². The van der Waals surface area contributed by atoms with Crippen molar-refractivity contribution < 1.29 is 19.4 Å². The number of rotatable bonds is 8. The molecule has 0 fully saturated rings. The summed E-state index contributed by atoms with van der Waals surface area (Å²) in [5, 5.41) is 13.0. The fraction of sp³-hybridized carbons (Fsp3) is 0.467. The first-order valence-electron chi connectivity index (χ1n) is 7.39. The number of fused-ring (bicyclic) bond motifs is 1. The van der Waals surface area contributed by atoms with E-state index in [0.717, 1.165) is 5.75 Å². The molecule has 0 bridgehead atoms. The summed E-state index contributed by atoms with van der Waals surface area (Å²) in [5.74, 6) is -0.192. The first-order chi connectivity index (χ1) is 11.5. The molecule has 0 saturated carbocycles. The summed E-state index contributed by atoms with van der Waals surface area (Å²) in [6.07, 6.45) is 3.76. The molecule has 0 radical (unpaired) electrons. The van der Waals surface area contributed by atoms with Gasteiger partial charge in [0.05, 0.1) is 12.0 Å². The van der Waals surface area contributed by atoms with Crippen molar-refractivity contribution in [1.82, 2.24) is 9.97 Å². The zero-order chi connectivity index (χ0) is 17.7. The smallest absolute Gasteiger partial charge is 0.348 e. The Morgan fingerprint density at radius 1 is 1.46 bits per heavy atom. The van der Waals surface area contributed by atoms with Crippen LogP contribution in [0.5, 0.6) is 0 Å². The summed E-state index contributed by atoms with van der Waals surface area (Å²) in [4.78, 5) is 32.9. The lowest BCUT2D eigenvalue weighted by Gasteiger charge is -2.15. The molecule has 2 aromatic heterocycles. The Kier molecular flexibility index (Phi) is 6.38. The highest BCUT2D eigenvalue weighted by atomic mass is 32.2. The number of hydrogen-bond acceptors (Lipinski definition) is 8. The van der Waals surface area contributed by atoms with Crippen LogP contribution in [0.25, 0.3) is 10.2 Å². The van der Waals surface area contributed by atoms with Crippen molar-refractivity contribution in [3.05, 3.63) is 16.8 Å². The van der Waals surface area contributed by atoms with E-state index >= 15 is 0 Å². The first kappa shape index (κ1) is 18.5. The highest BCUT2D eigenvalue weighted by Gasteiger charge is 2.23. The van der Waals surface area contributed by atoms with Crippen LogP contribution in [0, 0.1) is 6.92 Å². The van der Waals surface area contributed by atoms with Crippen molar-refractivity contribution >= 4 is 51.1 Å². The van der Waals surface area contributed by atoms with Crippen LogP contribution >= 0.6 is 23.1 Å². The number of aliphatic carboxylic acids is 1. The number of esters is 1. The second-order valence-corrected chi connectivity index (χ2v) is 6.98. The van der Waals surface area contributed by atoms with Crippen molar-refractivity contribution in [2.45, 2.75) is 26.3 Å². The van der Waals surface area contributed by atoms with Crippen LogP contribution in [0.15, 0.2) is 6.33 Å². The third-order valence-corrected chi connectivity index (χ3v) is 5.23. The Labute approximate surface area is 147 Å². The molecule has 9 heteroatoms. The lowest BCUT2D eigenvalue weighted by atomic mass is 10.1. The van der Waals surface area contributed by atoms with Gasteiger partial charge in [-0.25, -0.2) is 19.6 Å². The average molecular weight is 369 g/mol. The van der Waals surface area contributed by atoms with Gasteiger partial charge in [0.1, 0.15) is 27.9 Å². The standard InChI is InChI=1S/C15H19N3O4S2/c1-4-22-15(21)11-8(2)10-12(16-7-17-13(10)24-11)18-9(14(19)20)5-6-23-3/h7,9H,4-6H2,1-3H3,(H,19,20)(H,16,17,18). The summed E-state index contributed by atoms with van der Waals surface area (Å²) in [5.41, 5.74) is 0.700. The van der Waals surface area contributed by atoms with Crippen molar-refractivity contribution in [1.29, 1.82) is 0 Å². The highest BCUT2D eigenvalue weighted by molar-refractivity contribution is 7.98. The Bertz CT molecular complexity index is 748.